The first-order valence-corrected chi connectivity index (χ1v) is 4.36. The van der Waals surface area contributed by atoms with Gasteiger partial charge >= 0.3 is 0 Å². The van der Waals surface area contributed by atoms with Crippen LogP contribution in [0.2, 0.25) is 0 Å². The molecule has 14 heavy (non-hydrogen) atoms. The fourth-order valence-electron chi connectivity index (χ4n) is 1.31. The van der Waals surface area contributed by atoms with E-state index in [0.717, 1.165) is 11.1 Å². The van der Waals surface area contributed by atoms with Crippen LogP contribution < -0.4 is 0 Å². The van der Waals surface area contributed by atoms with Gasteiger partial charge in [0.25, 0.3) is 0 Å². The highest BCUT2D eigenvalue weighted by molar-refractivity contribution is 5.23. The predicted octanol–water partition coefficient (Wildman–Crippen LogP) is 1.19. The molecule has 2 aromatic heterocycles. The minimum atomic E-state index is -0.725. The third-order valence-electron chi connectivity index (χ3n) is 1.99. The van der Waals surface area contributed by atoms with E-state index in [1.807, 2.05) is 13.0 Å². The lowest BCUT2D eigenvalue weighted by Gasteiger charge is -2.07. The summed E-state index contributed by atoms with van der Waals surface area (Å²) in [7, 11) is 0. The number of hydrogen-bond acceptors (Lipinski definition) is 3. The lowest BCUT2D eigenvalue weighted by atomic mass is 10.1. The molecular formula is C10H11N3O. The molecule has 0 saturated heterocycles. The van der Waals surface area contributed by atoms with Gasteiger partial charge < -0.3 is 10.1 Å². The average Bonchev–Trinajstić information content (AvgIpc) is 2.69. The Hall–Kier alpha value is -1.68. The molecule has 2 heterocycles. The van der Waals surface area contributed by atoms with Crippen LogP contribution in [-0.4, -0.2) is 20.1 Å². The predicted molar refractivity (Wildman–Crippen MR) is 51.6 cm³/mol. The van der Waals surface area contributed by atoms with Crippen LogP contribution in [-0.2, 0) is 0 Å². The van der Waals surface area contributed by atoms with Crippen molar-refractivity contribution in [2.75, 3.05) is 0 Å². The molecule has 1 unspecified atom stereocenters. The van der Waals surface area contributed by atoms with Crippen LogP contribution in [0.15, 0.2) is 30.9 Å². The fourth-order valence-corrected chi connectivity index (χ4v) is 1.31. The van der Waals surface area contributed by atoms with Gasteiger partial charge in [-0.25, -0.2) is 4.98 Å². The maximum absolute atomic E-state index is 9.87. The zero-order valence-electron chi connectivity index (χ0n) is 7.81. The molecule has 2 aromatic rings. The van der Waals surface area contributed by atoms with Gasteiger partial charge in [0, 0.05) is 30.4 Å². The Kier molecular flexibility index (Phi) is 2.28. The molecule has 4 heteroatoms. The lowest BCUT2D eigenvalue weighted by molar-refractivity contribution is 0.210. The van der Waals surface area contributed by atoms with E-state index in [2.05, 4.69) is 15.0 Å². The summed E-state index contributed by atoms with van der Waals surface area (Å²) in [5.41, 5.74) is 1.77. The maximum Gasteiger partial charge on any atom is 0.139 e. The summed E-state index contributed by atoms with van der Waals surface area (Å²) in [5.74, 6) is 0.539. The monoisotopic (exact) mass is 189 g/mol. The third-order valence-corrected chi connectivity index (χ3v) is 1.99. The van der Waals surface area contributed by atoms with Gasteiger partial charge in [0.05, 0.1) is 0 Å². The molecule has 0 aliphatic rings. The molecule has 0 aliphatic carbocycles. The first kappa shape index (κ1) is 8.90. The summed E-state index contributed by atoms with van der Waals surface area (Å²) in [5, 5.41) is 9.87. The number of nitrogens with one attached hydrogen (secondary N) is 1. The number of hydrogen-bond donors (Lipinski definition) is 2. The van der Waals surface area contributed by atoms with Crippen molar-refractivity contribution in [3.05, 3.63) is 47.8 Å². The number of aromatic nitrogens is 3. The molecule has 0 spiro atoms. The molecule has 0 aromatic carbocycles. The molecule has 0 bridgehead atoms. The Morgan fingerprint density at radius 3 is 2.93 bits per heavy atom. The molecule has 0 aliphatic heterocycles. The summed E-state index contributed by atoms with van der Waals surface area (Å²) < 4.78 is 0. The molecule has 0 fully saturated rings. The smallest absolute Gasteiger partial charge is 0.139 e. The van der Waals surface area contributed by atoms with Crippen LogP contribution in [0.4, 0.5) is 0 Å². The highest BCUT2D eigenvalue weighted by Gasteiger charge is 2.12. The van der Waals surface area contributed by atoms with Crippen LogP contribution >= 0.6 is 0 Å². The Morgan fingerprint density at radius 1 is 1.43 bits per heavy atom. The maximum atomic E-state index is 9.87. The number of H-pyrrole nitrogens is 1. The second-order valence-corrected chi connectivity index (χ2v) is 3.17. The van der Waals surface area contributed by atoms with E-state index >= 15 is 0 Å². The molecule has 1 atom stereocenters. The van der Waals surface area contributed by atoms with Gasteiger partial charge in [0.1, 0.15) is 11.9 Å². The van der Waals surface area contributed by atoms with Crippen LogP contribution in [0.5, 0.6) is 0 Å². The van der Waals surface area contributed by atoms with Crippen molar-refractivity contribution in [3.63, 3.8) is 0 Å². The molecule has 0 saturated carbocycles. The topological polar surface area (TPSA) is 61.8 Å². The zero-order valence-corrected chi connectivity index (χ0v) is 7.81. The minimum absolute atomic E-state index is 0.539. The van der Waals surface area contributed by atoms with Crippen molar-refractivity contribution in [1.29, 1.82) is 0 Å². The minimum Gasteiger partial charge on any atom is -0.380 e. The van der Waals surface area contributed by atoms with Crippen molar-refractivity contribution in [2.45, 2.75) is 13.0 Å². The molecule has 0 radical (unpaired) electrons. The Balaban J connectivity index is 2.32. The average molecular weight is 189 g/mol. The van der Waals surface area contributed by atoms with E-state index in [-0.39, 0.29) is 0 Å². The third kappa shape index (κ3) is 1.65. The molecule has 2 rings (SSSR count). The summed E-state index contributed by atoms with van der Waals surface area (Å²) in [6.45, 7) is 1.94. The van der Waals surface area contributed by atoms with Crippen LogP contribution in [0.1, 0.15) is 23.1 Å². The molecular weight excluding hydrogens is 178 g/mol. The van der Waals surface area contributed by atoms with E-state index in [1.165, 1.54) is 0 Å². The first-order chi connectivity index (χ1) is 6.77. The van der Waals surface area contributed by atoms with Crippen LogP contribution in [0.25, 0.3) is 0 Å². The van der Waals surface area contributed by atoms with Gasteiger partial charge in [-0.3, -0.25) is 4.98 Å². The van der Waals surface area contributed by atoms with Crippen molar-refractivity contribution in [2.24, 2.45) is 0 Å². The standard InChI is InChI=1S/C10H11N3O/c1-7-4-8(6-11-5-7)9(14)10-12-2-3-13-10/h2-6,9,14H,1H3,(H,12,13). The second kappa shape index (κ2) is 3.59. The van der Waals surface area contributed by atoms with Crippen LogP contribution in [0.3, 0.4) is 0 Å². The number of aromatic amines is 1. The van der Waals surface area contributed by atoms with E-state index < -0.39 is 6.10 Å². The van der Waals surface area contributed by atoms with Gasteiger partial charge in [0.15, 0.2) is 0 Å². The van der Waals surface area contributed by atoms with Gasteiger partial charge in [-0.2, -0.15) is 0 Å². The number of pyridine rings is 1. The Bertz CT molecular complexity index is 411. The van der Waals surface area contributed by atoms with E-state index in [4.69, 9.17) is 0 Å². The van der Waals surface area contributed by atoms with Crippen molar-refractivity contribution < 1.29 is 5.11 Å². The number of aliphatic hydroxyl groups excluding tert-OH is 1. The van der Waals surface area contributed by atoms with E-state index in [0.29, 0.717) is 5.82 Å². The summed E-state index contributed by atoms with van der Waals surface area (Å²) in [4.78, 5) is 10.9. The zero-order chi connectivity index (χ0) is 9.97. The normalized spacial score (nSPS) is 12.7. The van der Waals surface area contributed by atoms with Gasteiger partial charge in [-0.05, 0) is 18.6 Å². The largest absolute Gasteiger partial charge is 0.380 e. The molecule has 4 nitrogen and oxygen atoms in total. The Labute approximate surface area is 81.7 Å². The quantitative estimate of drug-likeness (QED) is 0.746. The highest BCUT2D eigenvalue weighted by atomic mass is 16.3. The van der Waals surface area contributed by atoms with Crippen molar-refractivity contribution in [1.82, 2.24) is 15.0 Å². The number of imidazole rings is 1. The summed E-state index contributed by atoms with van der Waals surface area (Å²) in [6.07, 6.45) is 5.96. The number of rotatable bonds is 2. The first-order valence-electron chi connectivity index (χ1n) is 4.36. The molecule has 2 N–H and O–H groups in total. The van der Waals surface area contributed by atoms with Gasteiger partial charge in [-0.15, -0.1) is 0 Å². The van der Waals surface area contributed by atoms with Gasteiger partial charge in [-0.1, -0.05) is 0 Å². The summed E-state index contributed by atoms with van der Waals surface area (Å²) >= 11 is 0. The van der Waals surface area contributed by atoms with Crippen LogP contribution in [0, 0.1) is 6.92 Å². The molecule has 72 valence electrons. The number of nitrogens with zero attached hydrogens (tertiary/aromatic N) is 2. The fraction of sp³-hybridized carbons (Fsp3) is 0.200. The van der Waals surface area contributed by atoms with E-state index in [1.54, 1.807) is 24.8 Å². The van der Waals surface area contributed by atoms with Gasteiger partial charge in [0.2, 0.25) is 0 Å². The summed E-state index contributed by atoms with van der Waals surface area (Å²) in [6, 6.07) is 1.89. The molecule has 0 amide bonds. The van der Waals surface area contributed by atoms with Crippen molar-refractivity contribution in [3.8, 4) is 0 Å². The number of aryl methyl sites for hydroxylation is 1. The SMILES string of the molecule is Cc1cncc(C(O)c2ncc[nH]2)c1. The lowest BCUT2D eigenvalue weighted by Crippen LogP contribution is -2.02. The van der Waals surface area contributed by atoms with E-state index in [9.17, 15) is 5.11 Å². The highest BCUT2D eigenvalue weighted by Crippen LogP contribution is 2.17. The van der Waals surface area contributed by atoms with Crippen molar-refractivity contribution >= 4 is 0 Å². The Morgan fingerprint density at radius 2 is 2.29 bits per heavy atom. The second-order valence-electron chi connectivity index (χ2n) is 3.17. The number of aliphatic hydroxyl groups is 1.